The second kappa shape index (κ2) is 9.96. The lowest BCUT2D eigenvalue weighted by Gasteiger charge is -2.18. The highest BCUT2D eigenvalue weighted by molar-refractivity contribution is 5.79. The zero-order valence-corrected chi connectivity index (χ0v) is 17.6. The highest BCUT2D eigenvalue weighted by atomic mass is 16.5. The maximum atomic E-state index is 12.5. The van der Waals surface area contributed by atoms with E-state index in [1.807, 2.05) is 66.7 Å². The highest BCUT2D eigenvalue weighted by Gasteiger charge is 2.29. The van der Waals surface area contributed by atoms with Gasteiger partial charge in [0, 0.05) is 12.0 Å². The molecular formula is C27H25NO4. The molecule has 0 spiro atoms. The zero-order chi connectivity index (χ0) is 22.3. The van der Waals surface area contributed by atoms with Crippen LogP contribution < -0.4 is 5.32 Å². The van der Waals surface area contributed by atoms with Crippen LogP contribution in [0.25, 0.3) is 17.2 Å². The normalized spacial score (nSPS) is 13.4. The molecule has 32 heavy (non-hydrogen) atoms. The summed E-state index contributed by atoms with van der Waals surface area (Å²) in [5, 5.41) is 11.9. The molecule has 5 heteroatoms. The van der Waals surface area contributed by atoms with Crippen molar-refractivity contribution in [3.63, 3.8) is 0 Å². The molecule has 0 aliphatic heterocycles. The van der Waals surface area contributed by atoms with Gasteiger partial charge in [0.05, 0.1) is 6.42 Å². The van der Waals surface area contributed by atoms with Gasteiger partial charge in [-0.25, -0.2) is 4.79 Å². The Hall–Kier alpha value is -3.86. The number of hydrogen-bond acceptors (Lipinski definition) is 3. The third kappa shape index (κ3) is 5.06. The Labute approximate surface area is 187 Å². The first kappa shape index (κ1) is 21.4. The molecule has 1 aliphatic carbocycles. The maximum Gasteiger partial charge on any atom is 0.407 e. The molecule has 3 aromatic rings. The Kier molecular flexibility index (Phi) is 6.66. The summed E-state index contributed by atoms with van der Waals surface area (Å²) < 4.78 is 5.55. The van der Waals surface area contributed by atoms with Gasteiger partial charge >= 0.3 is 12.1 Å². The monoisotopic (exact) mass is 427 g/mol. The minimum absolute atomic E-state index is 0.0379. The van der Waals surface area contributed by atoms with Crippen molar-refractivity contribution in [1.29, 1.82) is 0 Å². The number of amides is 1. The fourth-order valence-electron chi connectivity index (χ4n) is 4.14. The van der Waals surface area contributed by atoms with E-state index < -0.39 is 18.1 Å². The minimum atomic E-state index is -0.970. The molecule has 0 radical (unpaired) electrons. The molecule has 0 bridgehead atoms. The van der Waals surface area contributed by atoms with Crippen molar-refractivity contribution in [3.05, 3.63) is 102 Å². The van der Waals surface area contributed by atoms with Crippen LogP contribution in [0.1, 0.15) is 35.4 Å². The van der Waals surface area contributed by atoms with E-state index in [0.29, 0.717) is 6.42 Å². The molecule has 0 fully saturated rings. The van der Waals surface area contributed by atoms with Crippen LogP contribution >= 0.6 is 0 Å². The van der Waals surface area contributed by atoms with E-state index >= 15 is 0 Å². The van der Waals surface area contributed by atoms with Crippen LogP contribution in [-0.4, -0.2) is 29.8 Å². The maximum absolute atomic E-state index is 12.5. The Bertz CT molecular complexity index is 1080. The first-order valence-corrected chi connectivity index (χ1v) is 10.7. The van der Waals surface area contributed by atoms with E-state index in [0.717, 1.165) is 27.8 Å². The average molecular weight is 428 g/mol. The summed E-state index contributed by atoms with van der Waals surface area (Å²) in [6.07, 6.45) is 3.39. The molecule has 0 saturated carbocycles. The van der Waals surface area contributed by atoms with Crippen LogP contribution in [0.2, 0.25) is 0 Å². The number of fused-ring (bicyclic) bond motifs is 3. The number of carbonyl (C=O) groups excluding carboxylic acids is 1. The van der Waals surface area contributed by atoms with Crippen molar-refractivity contribution in [1.82, 2.24) is 5.32 Å². The lowest BCUT2D eigenvalue weighted by molar-refractivity contribution is -0.137. The summed E-state index contributed by atoms with van der Waals surface area (Å²) in [6.45, 7) is 0.194. The molecule has 0 unspecified atom stereocenters. The van der Waals surface area contributed by atoms with Gasteiger partial charge in [0.25, 0.3) is 0 Å². The van der Waals surface area contributed by atoms with Gasteiger partial charge in [-0.3, -0.25) is 4.79 Å². The smallest absolute Gasteiger partial charge is 0.407 e. The van der Waals surface area contributed by atoms with Gasteiger partial charge in [0.2, 0.25) is 0 Å². The first-order chi connectivity index (χ1) is 15.6. The molecule has 3 aromatic carbocycles. The van der Waals surface area contributed by atoms with Crippen molar-refractivity contribution in [2.75, 3.05) is 6.61 Å². The van der Waals surface area contributed by atoms with E-state index in [4.69, 9.17) is 4.74 Å². The Morgan fingerprint density at radius 2 is 1.50 bits per heavy atom. The van der Waals surface area contributed by atoms with E-state index in [1.54, 1.807) is 0 Å². The number of rotatable bonds is 8. The second-order valence-corrected chi connectivity index (χ2v) is 7.81. The van der Waals surface area contributed by atoms with Crippen molar-refractivity contribution in [2.45, 2.75) is 24.8 Å². The van der Waals surface area contributed by atoms with Gasteiger partial charge in [-0.1, -0.05) is 91.0 Å². The Morgan fingerprint density at radius 1 is 0.906 bits per heavy atom. The summed E-state index contributed by atoms with van der Waals surface area (Å²) in [4.78, 5) is 23.7. The summed E-state index contributed by atoms with van der Waals surface area (Å²) in [5.41, 5.74) is 5.60. The molecular weight excluding hydrogens is 402 g/mol. The SMILES string of the molecule is O=C(O)C[C@H](C/C=C/c1ccccc1)NC(=O)OCC1c2ccccc2-c2ccccc21. The number of alkyl carbamates (subject to hydrolysis) is 1. The molecule has 0 aromatic heterocycles. The third-order valence-corrected chi connectivity index (χ3v) is 5.62. The number of aliphatic carboxylic acids is 1. The summed E-state index contributed by atoms with van der Waals surface area (Å²) in [5.74, 6) is -1.01. The first-order valence-electron chi connectivity index (χ1n) is 10.7. The minimum Gasteiger partial charge on any atom is -0.481 e. The quantitative estimate of drug-likeness (QED) is 0.500. The number of hydrogen-bond donors (Lipinski definition) is 2. The fourth-order valence-corrected chi connectivity index (χ4v) is 4.14. The molecule has 1 aliphatic rings. The molecule has 0 heterocycles. The van der Waals surface area contributed by atoms with E-state index in [9.17, 15) is 14.7 Å². The lowest BCUT2D eigenvalue weighted by Crippen LogP contribution is -2.37. The second-order valence-electron chi connectivity index (χ2n) is 7.81. The molecule has 4 rings (SSSR count). The van der Waals surface area contributed by atoms with Crippen molar-refractivity contribution >= 4 is 18.1 Å². The number of nitrogens with one attached hydrogen (secondary N) is 1. The molecule has 5 nitrogen and oxygen atoms in total. The molecule has 1 atom stereocenters. The van der Waals surface area contributed by atoms with Crippen LogP contribution in [0.4, 0.5) is 4.79 Å². The fraction of sp³-hybridized carbons (Fsp3) is 0.185. The predicted octanol–water partition coefficient (Wildman–Crippen LogP) is 5.47. The number of carbonyl (C=O) groups is 2. The molecule has 1 amide bonds. The Morgan fingerprint density at radius 3 is 2.12 bits per heavy atom. The third-order valence-electron chi connectivity index (χ3n) is 5.62. The molecule has 0 saturated heterocycles. The number of benzene rings is 3. The van der Waals surface area contributed by atoms with E-state index in [2.05, 4.69) is 29.6 Å². The van der Waals surface area contributed by atoms with Crippen LogP contribution in [-0.2, 0) is 9.53 Å². The predicted molar refractivity (Wildman–Crippen MR) is 124 cm³/mol. The average Bonchev–Trinajstić information content (AvgIpc) is 3.12. The number of carboxylic acid groups (broad SMARTS) is 1. The van der Waals surface area contributed by atoms with Crippen LogP contribution in [0.15, 0.2) is 84.9 Å². The standard InChI is InChI=1S/C27H25NO4/c29-26(30)17-20(12-8-11-19-9-2-1-3-10-19)28-27(31)32-18-25-23-15-6-4-13-21(23)22-14-5-7-16-24(22)25/h1-11,13-16,20,25H,12,17-18H2,(H,28,31)(H,29,30)/b11-8+/t20-/m0/s1. The zero-order valence-electron chi connectivity index (χ0n) is 17.6. The highest BCUT2D eigenvalue weighted by Crippen LogP contribution is 2.44. The van der Waals surface area contributed by atoms with Crippen molar-refractivity contribution in [2.24, 2.45) is 0 Å². The Balaban J connectivity index is 1.38. The van der Waals surface area contributed by atoms with Gasteiger partial charge in [0.15, 0.2) is 0 Å². The summed E-state index contributed by atoms with van der Waals surface area (Å²) in [6, 6.07) is 25.4. The van der Waals surface area contributed by atoms with E-state index in [-0.39, 0.29) is 18.9 Å². The topological polar surface area (TPSA) is 75.6 Å². The van der Waals surface area contributed by atoms with Crippen LogP contribution in [0.3, 0.4) is 0 Å². The lowest BCUT2D eigenvalue weighted by atomic mass is 9.98. The van der Waals surface area contributed by atoms with Gasteiger partial charge in [-0.05, 0) is 34.2 Å². The van der Waals surface area contributed by atoms with Gasteiger partial charge in [0.1, 0.15) is 6.61 Å². The number of ether oxygens (including phenoxy) is 1. The van der Waals surface area contributed by atoms with Gasteiger partial charge in [-0.15, -0.1) is 0 Å². The van der Waals surface area contributed by atoms with Crippen LogP contribution in [0, 0.1) is 0 Å². The van der Waals surface area contributed by atoms with Crippen molar-refractivity contribution in [3.8, 4) is 11.1 Å². The molecule has 162 valence electrons. The summed E-state index contributed by atoms with van der Waals surface area (Å²) >= 11 is 0. The largest absolute Gasteiger partial charge is 0.481 e. The van der Waals surface area contributed by atoms with Gasteiger partial charge in [-0.2, -0.15) is 0 Å². The molecule has 2 N–H and O–H groups in total. The van der Waals surface area contributed by atoms with Crippen LogP contribution in [0.5, 0.6) is 0 Å². The van der Waals surface area contributed by atoms with Gasteiger partial charge < -0.3 is 15.2 Å². The summed E-state index contributed by atoms with van der Waals surface area (Å²) in [7, 11) is 0. The van der Waals surface area contributed by atoms with E-state index in [1.165, 1.54) is 0 Å². The van der Waals surface area contributed by atoms with Crippen molar-refractivity contribution < 1.29 is 19.4 Å². The number of carboxylic acids is 1.